The van der Waals surface area contributed by atoms with Crippen molar-refractivity contribution >= 4 is 17.5 Å². The van der Waals surface area contributed by atoms with Gasteiger partial charge in [-0.1, -0.05) is 29.8 Å². The summed E-state index contributed by atoms with van der Waals surface area (Å²) in [4.78, 5) is 24.7. The zero-order chi connectivity index (χ0) is 18.6. The minimum absolute atomic E-state index is 0.175. The molecule has 132 valence electrons. The highest BCUT2D eigenvalue weighted by Crippen LogP contribution is 2.21. The number of carbonyl (C=O) groups is 2. The summed E-state index contributed by atoms with van der Waals surface area (Å²) in [6.45, 7) is 5.12. The number of amides is 2. The van der Waals surface area contributed by atoms with Crippen LogP contribution in [0.3, 0.4) is 0 Å². The zero-order valence-electron chi connectivity index (χ0n) is 14.3. The molecule has 0 aliphatic rings. The van der Waals surface area contributed by atoms with Gasteiger partial charge >= 0.3 is 0 Å². The second-order valence-electron chi connectivity index (χ2n) is 6.37. The molecule has 0 atom stereocenters. The maximum absolute atomic E-state index is 13.6. The average Bonchev–Trinajstić information content (AvgIpc) is 2.56. The fourth-order valence-electron chi connectivity index (χ4n) is 2.08. The molecule has 2 N–H and O–H groups in total. The largest absolute Gasteiger partial charge is 0.351 e. The standard InChI is InChI=1S/C19H20F2N2O2/c1-12-4-6-13(7-5-12)11-22-17(24)19(2,3)18(25)23-16-9-8-14(20)10-15(16)21/h4-10H,11H2,1-3H3,(H,22,24)(H,23,25). The highest BCUT2D eigenvalue weighted by molar-refractivity contribution is 6.09. The Labute approximate surface area is 145 Å². The first-order valence-corrected chi connectivity index (χ1v) is 7.80. The minimum Gasteiger partial charge on any atom is -0.351 e. The molecule has 0 aliphatic carbocycles. The predicted molar refractivity (Wildman–Crippen MR) is 91.8 cm³/mol. The van der Waals surface area contributed by atoms with Gasteiger partial charge in [-0.15, -0.1) is 0 Å². The summed E-state index contributed by atoms with van der Waals surface area (Å²) in [6, 6.07) is 10.4. The predicted octanol–water partition coefficient (Wildman–Crippen LogP) is 3.55. The molecule has 0 spiro atoms. The molecule has 0 unspecified atom stereocenters. The van der Waals surface area contributed by atoms with Crippen LogP contribution in [0.25, 0.3) is 0 Å². The van der Waals surface area contributed by atoms with Gasteiger partial charge < -0.3 is 10.6 Å². The van der Waals surface area contributed by atoms with Crippen molar-refractivity contribution in [1.82, 2.24) is 5.32 Å². The van der Waals surface area contributed by atoms with Crippen LogP contribution < -0.4 is 10.6 Å². The SMILES string of the molecule is Cc1ccc(CNC(=O)C(C)(C)C(=O)Nc2ccc(F)cc2F)cc1. The Bertz CT molecular complexity index is 787. The van der Waals surface area contributed by atoms with Crippen LogP contribution >= 0.6 is 0 Å². The number of rotatable bonds is 5. The summed E-state index contributed by atoms with van der Waals surface area (Å²) in [7, 11) is 0. The summed E-state index contributed by atoms with van der Waals surface area (Å²) in [5.41, 5.74) is 0.410. The molecule has 6 heteroatoms. The Morgan fingerprint density at radius 2 is 1.64 bits per heavy atom. The number of benzene rings is 2. The van der Waals surface area contributed by atoms with Gasteiger partial charge in [0.15, 0.2) is 0 Å². The summed E-state index contributed by atoms with van der Waals surface area (Å²) in [5, 5.41) is 5.02. The Kier molecular flexibility index (Phi) is 5.51. The van der Waals surface area contributed by atoms with Gasteiger partial charge in [-0.05, 0) is 38.5 Å². The average molecular weight is 346 g/mol. The number of aryl methyl sites for hydroxylation is 1. The normalized spacial score (nSPS) is 11.1. The monoisotopic (exact) mass is 346 g/mol. The van der Waals surface area contributed by atoms with Crippen molar-refractivity contribution in [2.45, 2.75) is 27.3 Å². The first kappa shape index (κ1) is 18.6. The van der Waals surface area contributed by atoms with Gasteiger partial charge in [0.1, 0.15) is 17.0 Å². The van der Waals surface area contributed by atoms with Gasteiger partial charge in [-0.25, -0.2) is 8.78 Å². The van der Waals surface area contributed by atoms with Gasteiger partial charge in [0.05, 0.1) is 5.69 Å². The van der Waals surface area contributed by atoms with Crippen LogP contribution in [0, 0.1) is 24.0 Å². The molecule has 2 aromatic carbocycles. The molecule has 2 amide bonds. The lowest BCUT2D eigenvalue weighted by Gasteiger charge is -2.23. The van der Waals surface area contributed by atoms with Crippen molar-refractivity contribution in [1.29, 1.82) is 0 Å². The summed E-state index contributed by atoms with van der Waals surface area (Å²) < 4.78 is 26.6. The van der Waals surface area contributed by atoms with Crippen LogP contribution in [0.5, 0.6) is 0 Å². The molecule has 0 fully saturated rings. The van der Waals surface area contributed by atoms with Gasteiger partial charge in [0.2, 0.25) is 11.8 Å². The molecule has 0 bridgehead atoms. The molecule has 0 saturated heterocycles. The molecule has 0 radical (unpaired) electrons. The number of halogens is 2. The number of nitrogens with one attached hydrogen (secondary N) is 2. The Morgan fingerprint density at radius 3 is 2.24 bits per heavy atom. The molecule has 0 heterocycles. The summed E-state index contributed by atoms with van der Waals surface area (Å²) in [6.07, 6.45) is 0. The van der Waals surface area contributed by atoms with Crippen LogP contribution in [0.2, 0.25) is 0 Å². The topological polar surface area (TPSA) is 58.2 Å². The zero-order valence-corrected chi connectivity index (χ0v) is 14.3. The van der Waals surface area contributed by atoms with Gasteiger partial charge in [0, 0.05) is 12.6 Å². The molecule has 25 heavy (non-hydrogen) atoms. The van der Waals surface area contributed by atoms with E-state index in [0.29, 0.717) is 6.07 Å². The van der Waals surface area contributed by atoms with Crippen molar-refractivity contribution in [3.8, 4) is 0 Å². The van der Waals surface area contributed by atoms with E-state index in [4.69, 9.17) is 0 Å². The lowest BCUT2D eigenvalue weighted by Crippen LogP contribution is -2.45. The van der Waals surface area contributed by atoms with Gasteiger partial charge in [0.25, 0.3) is 0 Å². The van der Waals surface area contributed by atoms with Crippen molar-refractivity contribution in [2.75, 3.05) is 5.32 Å². The van der Waals surface area contributed by atoms with E-state index < -0.39 is 28.9 Å². The third-order valence-corrected chi connectivity index (χ3v) is 3.89. The fraction of sp³-hybridized carbons (Fsp3) is 0.263. The van der Waals surface area contributed by atoms with E-state index in [9.17, 15) is 18.4 Å². The molecule has 2 aromatic rings. The third-order valence-electron chi connectivity index (χ3n) is 3.89. The molecule has 0 aliphatic heterocycles. The van der Waals surface area contributed by atoms with Crippen molar-refractivity contribution < 1.29 is 18.4 Å². The van der Waals surface area contributed by atoms with E-state index in [-0.39, 0.29) is 12.2 Å². The Balaban J connectivity index is 2.01. The van der Waals surface area contributed by atoms with Crippen LogP contribution in [0.4, 0.5) is 14.5 Å². The van der Waals surface area contributed by atoms with Gasteiger partial charge in [-0.3, -0.25) is 9.59 Å². The van der Waals surface area contributed by atoms with Crippen LogP contribution in [-0.4, -0.2) is 11.8 Å². The van der Waals surface area contributed by atoms with Crippen molar-refractivity contribution in [2.24, 2.45) is 5.41 Å². The summed E-state index contributed by atoms with van der Waals surface area (Å²) >= 11 is 0. The lowest BCUT2D eigenvalue weighted by molar-refractivity contribution is -0.138. The molecular formula is C19H20F2N2O2. The van der Waals surface area contributed by atoms with Crippen LogP contribution in [0.15, 0.2) is 42.5 Å². The van der Waals surface area contributed by atoms with Crippen LogP contribution in [-0.2, 0) is 16.1 Å². The van der Waals surface area contributed by atoms with E-state index in [2.05, 4.69) is 10.6 Å². The molecular weight excluding hydrogens is 326 g/mol. The van der Waals surface area contributed by atoms with Crippen molar-refractivity contribution in [3.05, 3.63) is 65.2 Å². The maximum atomic E-state index is 13.6. The Morgan fingerprint density at radius 1 is 1.00 bits per heavy atom. The van der Waals surface area contributed by atoms with E-state index in [1.54, 1.807) is 0 Å². The Hall–Kier alpha value is -2.76. The molecule has 0 aromatic heterocycles. The van der Waals surface area contributed by atoms with Gasteiger partial charge in [-0.2, -0.15) is 0 Å². The molecule has 2 rings (SSSR count). The second kappa shape index (κ2) is 7.42. The minimum atomic E-state index is -1.43. The first-order valence-electron chi connectivity index (χ1n) is 7.80. The molecule has 0 saturated carbocycles. The number of anilines is 1. The second-order valence-corrected chi connectivity index (χ2v) is 6.37. The molecule has 4 nitrogen and oxygen atoms in total. The van der Waals surface area contributed by atoms with E-state index in [1.807, 2.05) is 31.2 Å². The van der Waals surface area contributed by atoms with E-state index in [1.165, 1.54) is 13.8 Å². The quantitative estimate of drug-likeness (QED) is 0.814. The van der Waals surface area contributed by atoms with Crippen molar-refractivity contribution in [3.63, 3.8) is 0 Å². The smallest absolute Gasteiger partial charge is 0.239 e. The van der Waals surface area contributed by atoms with E-state index >= 15 is 0 Å². The highest BCUT2D eigenvalue weighted by Gasteiger charge is 2.36. The maximum Gasteiger partial charge on any atom is 0.239 e. The number of carbonyl (C=O) groups excluding carboxylic acids is 2. The summed E-state index contributed by atoms with van der Waals surface area (Å²) in [5.74, 6) is -2.82. The fourth-order valence-corrected chi connectivity index (χ4v) is 2.08. The first-order chi connectivity index (χ1) is 11.7. The third kappa shape index (κ3) is 4.62. The lowest BCUT2D eigenvalue weighted by atomic mass is 9.90. The number of hydrogen-bond donors (Lipinski definition) is 2. The van der Waals surface area contributed by atoms with Crippen LogP contribution in [0.1, 0.15) is 25.0 Å². The highest BCUT2D eigenvalue weighted by atomic mass is 19.1. The van der Waals surface area contributed by atoms with E-state index in [0.717, 1.165) is 23.3 Å². The number of hydrogen-bond acceptors (Lipinski definition) is 2.